The van der Waals surface area contributed by atoms with Crippen molar-refractivity contribution in [2.75, 3.05) is 19.5 Å². The second-order valence-corrected chi connectivity index (χ2v) is 11.6. The Balaban J connectivity index is 1.85. The summed E-state index contributed by atoms with van der Waals surface area (Å²) in [4.78, 5) is 43.6. The Morgan fingerprint density at radius 3 is 2.56 bits per heavy atom. The average Bonchev–Trinajstić information content (AvgIpc) is 3.01. The van der Waals surface area contributed by atoms with Gasteiger partial charge in [0.1, 0.15) is 17.3 Å². The van der Waals surface area contributed by atoms with Gasteiger partial charge in [0.25, 0.3) is 5.91 Å². The Bertz CT molecular complexity index is 1660. The van der Waals surface area contributed by atoms with Gasteiger partial charge in [0.15, 0.2) is 17.4 Å². The molecule has 1 aromatic rings. The van der Waals surface area contributed by atoms with Gasteiger partial charge in [0.05, 0.1) is 17.9 Å². The van der Waals surface area contributed by atoms with Crippen LogP contribution in [0.4, 0.5) is 10.5 Å². The number of allylic oxidation sites excluding steroid dienone is 2. The summed E-state index contributed by atoms with van der Waals surface area (Å²) in [7, 11) is 2.98. The van der Waals surface area contributed by atoms with Crippen LogP contribution in [0, 0.1) is 11.8 Å². The van der Waals surface area contributed by atoms with Crippen molar-refractivity contribution in [1.29, 1.82) is 0 Å². The van der Waals surface area contributed by atoms with E-state index in [0.717, 1.165) is 0 Å². The van der Waals surface area contributed by atoms with Crippen molar-refractivity contribution in [3.63, 3.8) is 0 Å². The van der Waals surface area contributed by atoms with Crippen molar-refractivity contribution in [1.82, 2.24) is 4.98 Å². The number of aromatic nitrogens is 1. The molecule has 1 aromatic carbocycles. The average molecular weight is 620 g/mol. The van der Waals surface area contributed by atoms with Gasteiger partial charge in [-0.05, 0) is 56.4 Å². The van der Waals surface area contributed by atoms with Crippen LogP contribution in [0.15, 0.2) is 75.0 Å². The molecule has 1 aliphatic carbocycles. The number of methoxy groups -OCH3 is 2. The van der Waals surface area contributed by atoms with Gasteiger partial charge in [-0.3, -0.25) is 9.59 Å². The zero-order valence-electron chi connectivity index (χ0n) is 26.4. The largest absolute Gasteiger partial charge is 0.452 e. The van der Waals surface area contributed by atoms with Gasteiger partial charge >= 0.3 is 6.09 Å². The first-order valence-corrected chi connectivity index (χ1v) is 14.8. The van der Waals surface area contributed by atoms with E-state index < -0.39 is 42.3 Å². The van der Waals surface area contributed by atoms with Crippen LogP contribution in [0.2, 0.25) is 0 Å². The molecule has 2 heterocycles. The number of carbonyl (C=O) groups is 2. The number of ether oxygens (including phenoxy) is 3. The number of para-hydroxylation sites is 2. The number of nitrogens with two attached hydrogens (primary N) is 1. The SMILES string of the molecule is CO[C@H]1/C=C\C=C(/C)C(=O)Nc2cc3nc4ccccc4oc-3c(c2=O)C[C@@H](C)C[C@H](OC)[C@H](O)[C@@H](C)/C=C(\C)[C@@H]1OC(N)=O. The molecule has 4 N–H and O–H groups in total. The third kappa shape index (κ3) is 7.86. The molecule has 0 aromatic heterocycles. The number of carbonyl (C=O) groups excluding carboxylic acids is 2. The van der Waals surface area contributed by atoms with Gasteiger partial charge in [0.2, 0.25) is 5.43 Å². The van der Waals surface area contributed by atoms with Crippen molar-refractivity contribution in [3.8, 4) is 11.5 Å². The zero-order valence-corrected chi connectivity index (χ0v) is 26.4. The van der Waals surface area contributed by atoms with Crippen molar-refractivity contribution in [2.24, 2.45) is 17.6 Å². The van der Waals surface area contributed by atoms with Crippen LogP contribution < -0.4 is 16.5 Å². The summed E-state index contributed by atoms with van der Waals surface area (Å²) in [6.07, 6.45) is 3.08. The number of benzene rings is 2. The number of amides is 2. The summed E-state index contributed by atoms with van der Waals surface area (Å²) in [5, 5.41) is 14.1. The standard InChI is InChI=1S/C34H41N3O8/c1-18-14-22-30(39)24(17-25-32(22)44-26-12-8-7-11-23(26)36-25)37-33(40)19(2)10-9-13-27(42-5)31(45-34(35)41)21(4)16-20(3)29(38)28(15-18)43-6/h7-13,16-18,20,27-29,31,38H,14-15H2,1-6H3,(H2,35,41)(H,37,40)/b13-9-,19-10+,21-16+/t18-,20+,27+,28+,29-,31+/m1/s1. The maximum atomic E-state index is 13.9. The summed E-state index contributed by atoms with van der Waals surface area (Å²) < 4.78 is 22.9. The van der Waals surface area contributed by atoms with Crippen LogP contribution in [0.1, 0.15) is 39.7 Å². The van der Waals surface area contributed by atoms with E-state index in [1.54, 1.807) is 44.2 Å². The summed E-state index contributed by atoms with van der Waals surface area (Å²) in [6, 6.07) is 8.78. The maximum Gasteiger partial charge on any atom is 0.405 e. The van der Waals surface area contributed by atoms with Crippen LogP contribution >= 0.6 is 0 Å². The van der Waals surface area contributed by atoms with E-state index in [1.165, 1.54) is 20.3 Å². The molecular formula is C34H41N3O8. The fourth-order valence-electron chi connectivity index (χ4n) is 5.64. The predicted molar refractivity (Wildman–Crippen MR) is 171 cm³/mol. The van der Waals surface area contributed by atoms with Crippen LogP contribution in [-0.2, 0) is 25.4 Å². The number of hydrogen-bond donors (Lipinski definition) is 3. The Labute approximate surface area is 262 Å². The van der Waals surface area contributed by atoms with E-state index in [9.17, 15) is 19.5 Å². The lowest BCUT2D eigenvalue weighted by molar-refractivity contribution is -0.112. The molecule has 0 radical (unpaired) electrons. The first-order valence-electron chi connectivity index (χ1n) is 14.8. The second-order valence-electron chi connectivity index (χ2n) is 11.6. The molecule has 0 saturated heterocycles. The predicted octanol–water partition coefficient (Wildman–Crippen LogP) is 4.75. The Morgan fingerprint density at radius 1 is 1.13 bits per heavy atom. The molecule has 0 unspecified atom stereocenters. The number of hydrogen-bond acceptors (Lipinski definition) is 9. The molecule has 2 bridgehead atoms. The minimum absolute atomic E-state index is 0.0730. The zero-order chi connectivity index (χ0) is 32.8. The van der Waals surface area contributed by atoms with Gasteiger partial charge in [-0.1, -0.05) is 50.3 Å². The molecule has 0 spiro atoms. The Hall–Kier alpha value is -4.32. The first kappa shape index (κ1) is 33.6. The van der Waals surface area contributed by atoms with Crippen LogP contribution in [-0.4, -0.2) is 60.7 Å². The topological polar surface area (TPSA) is 163 Å². The molecule has 0 fully saturated rings. The fraction of sp³-hybridized carbons (Fsp3) is 0.412. The molecule has 0 saturated carbocycles. The smallest absolute Gasteiger partial charge is 0.405 e. The summed E-state index contributed by atoms with van der Waals surface area (Å²) in [5.74, 6) is -0.713. The second kappa shape index (κ2) is 14.6. The van der Waals surface area contributed by atoms with Crippen molar-refractivity contribution >= 4 is 28.8 Å². The van der Waals surface area contributed by atoms with E-state index in [4.69, 9.17) is 29.3 Å². The van der Waals surface area contributed by atoms with E-state index in [-0.39, 0.29) is 23.5 Å². The highest BCUT2D eigenvalue weighted by molar-refractivity contribution is 6.04. The molecule has 45 heavy (non-hydrogen) atoms. The number of fused-ring (bicyclic) bond motifs is 5. The molecule has 2 aliphatic heterocycles. The van der Waals surface area contributed by atoms with Gasteiger partial charge in [-0.2, -0.15) is 0 Å². The van der Waals surface area contributed by atoms with E-state index in [0.29, 0.717) is 45.7 Å². The van der Waals surface area contributed by atoms with Crippen molar-refractivity contribution < 1.29 is 33.3 Å². The molecule has 11 heteroatoms. The molecule has 3 aliphatic rings. The number of primary amides is 1. The first-order chi connectivity index (χ1) is 21.4. The van der Waals surface area contributed by atoms with Crippen molar-refractivity contribution in [3.05, 3.63) is 81.6 Å². The molecule has 240 valence electrons. The van der Waals surface area contributed by atoms with E-state index in [1.807, 2.05) is 32.0 Å². The normalized spacial score (nSPS) is 28.5. The van der Waals surface area contributed by atoms with Crippen LogP contribution in [0.25, 0.3) is 22.6 Å². The highest BCUT2D eigenvalue weighted by atomic mass is 16.6. The number of nitrogens with zero attached hydrogens (tertiary/aromatic N) is 1. The number of aliphatic hydroxyl groups is 1. The Kier molecular flexibility index (Phi) is 10.9. The lowest BCUT2D eigenvalue weighted by Gasteiger charge is -2.29. The van der Waals surface area contributed by atoms with Crippen LogP contribution in [0.5, 0.6) is 0 Å². The molecule has 4 rings (SSSR count). The summed E-state index contributed by atoms with van der Waals surface area (Å²) >= 11 is 0. The number of rotatable bonds is 3. The minimum atomic E-state index is -0.985. The quantitative estimate of drug-likeness (QED) is 0.277. The van der Waals surface area contributed by atoms with Crippen LogP contribution in [0.3, 0.4) is 0 Å². The molecular weight excluding hydrogens is 578 g/mol. The maximum absolute atomic E-state index is 13.9. The van der Waals surface area contributed by atoms with E-state index in [2.05, 4.69) is 5.32 Å². The highest BCUT2D eigenvalue weighted by Gasteiger charge is 2.30. The fourth-order valence-corrected chi connectivity index (χ4v) is 5.64. The third-order valence-corrected chi connectivity index (χ3v) is 8.08. The Morgan fingerprint density at radius 2 is 1.87 bits per heavy atom. The summed E-state index contributed by atoms with van der Waals surface area (Å²) in [6.45, 7) is 7.15. The number of anilines is 1. The van der Waals surface area contributed by atoms with Crippen molar-refractivity contribution in [2.45, 2.75) is 65.0 Å². The third-order valence-electron chi connectivity index (χ3n) is 8.08. The minimum Gasteiger partial charge on any atom is -0.452 e. The lowest BCUT2D eigenvalue weighted by Crippen LogP contribution is -2.37. The highest BCUT2D eigenvalue weighted by Crippen LogP contribution is 2.32. The summed E-state index contributed by atoms with van der Waals surface area (Å²) in [5.41, 5.74) is 7.93. The molecule has 6 atom stereocenters. The van der Waals surface area contributed by atoms with Gasteiger partial charge in [-0.15, -0.1) is 0 Å². The molecule has 11 nitrogen and oxygen atoms in total. The van der Waals surface area contributed by atoms with Gasteiger partial charge in [-0.25, -0.2) is 9.78 Å². The van der Waals surface area contributed by atoms with Gasteiger partial charge in [0, 0.05) is 31.3 Å². The lowest BCUT2D eigenvalue weighted by atomic mass is 9.87. The molecule has 2 amide bonds. The van der Waals surface area contributed by atoms with E-state index >= 15 is 0 Å². The number of nitrogens with one attached hydrogen (secondary N) is 1. The monoisotopic (exact) mass is 619 g/mol. The number of aliphatic hydroxyl groups excluding tert-OH is 1. The van der Waals surface area contributed by atoms with Gasteiger partial charge < -0.3 is 34.8 Å².